The lowest BCUT2D eigenvalue weighted by Crippen LogP contribution is -2.72. The topological polar surface area (TPSA) is 559 Å². The third-order valence-corrected chi connectivity index (χ3v) is 15.0. The van der Waals surface area contributed by atoms with Gasteiger partial charge in [0.25, 0.3) is 0 Å². The van der Waals surface area contributed by atoms with E-state index in [4.69, 9.17) is 52.1 Å². The summed E-state index contributed by atoms with van der Waals surface area (Å²) in [5, 5.41) is 154. The highest BCUT2D eigenvalue weighted by Gasteiger charge is 2.58. The van der Waals surface area contributed by atoms with Crippen molar-refractivity contribution in [2.24, 2.45) is 0 Å². The number of carbonyl (C=O) groups excluding carboxylic acids is 4. The number of hydrogen-bond acceptors (Lipinski definition) is 33. The summed E-state index contributed by atoms with van der Waals surface area (Å²) in [6.45, 7) is 0.268. The van der Waals surface area contributed by atoms with Crippen LogP contribution in [0.5, 0.6) is 0 Å². The number of aliphatic hydroxyl groups excluding tert-OH is 13. The Bertz CT molecular complexity index is 2250. The normalized spacial score (nSPS) is 45.2. The molecule has 6 heterocycles. The molecule has 18 N–H and O–H groups in total. The summed E-state index contributed by atoms with van der Waals surface area (Å²) in [5.74, 6) is -3.46. The molecule has 6 rings (SSSR count). The van der Waals surface area contributed by atoms with Crippen molar-refractivity contribution in [3.8, 4) is 0 Å². The van der Waals surface area contributed by atoms with E-state index in [9.17, 15) is 98.5 Å². The fourth-order valence-electron chi connectivity index (χ4n) is 10.4. The molecular formula is C45H76N5O32S-. The molecule has 0 aromatic carbocycles. The minimum Gasteiger partial charge on any atom is -0.726 e. The van der Waals surface area contributed by atoms with Crippen molar-refractivity contribution in [2.75, 3.05) is 40.1 Å². The largest absolute Gasteiger partial charge is 0.726 e. The van der Waals surface area contributed by atoms with E-state index in [1.807, 2.05) is 0 Å². The Labute approximate surface area is 473 Å². The molecule has 6 aliphatic heterocycles. The van der Waals surface area contributed by atoms with E-state index in [0.29, 0.717) is 0 Å². The highest BCUT2D eigenvalue weighted by Crippen LogP contribution is 2.37. The van der Waals surface area contributed by atoms with Crippen LogP contribution in [0, 0.1) is 0 Å². The first-order valence-corrected chi connectivity index (χ1v) is 27.4. The van der Waals surface area contributed by atoms with E-state index >= 15 is 0 Å². The summed E-state index contributed by atoms with van der Waals surface area (Å²) >= 11 is 0. The molecule has 0 bridgehead atoms. The van der Waals surface area contributed by atoms with Gasteiger partial charge in [0.15, 0.2) is 37.7 Å². The number of ether oxygens (including phenoxy) is 11. The molecule has 83 heavy (non-hydrogen) atoms. The molecule has 30 atom stereocenters. The lowest BCUT2D eigenvalue weighted by molar-refractivity contribution is -0.368. The summed E-state index contributed by atoms with van der Waals surface area (Å²) in [6, 6.07) is -8.44. The Hall–Kier alpha value is -3.25. The molecule has 38 heteroatoms. The molecule has 0 spiro atoms. The number of carbonyl (C=O) groups is 4. The summed E-state index contributed by atoms with van der Waals surface area (Å²) < 4.78 is 105. The Morgan fingerprint density at radius 1 is 0.434 bits per heavy atom. The van der Waals surface area contributed by atoms with Crippen LogP contribution < -0.4 is 26.6 Å². The zero-order chi connectivity index (χ0) is 61.7. The second-order valence-electron chi connectivity index (χ2n) is 20.6. The molecule has 6 aliphatic rings. The number of rotatable bonds is 22. The summed E-state index contributed by atoms with van der Waals surface area (Å²) in [7, 11) is -4.28. The molecule has 6 saturated heterocycles. The lowest BCUT2D eigenvalue weighted by Gasteiger charge is -2.51. The molecule has 37 nitrogen and oxygen atoms in total. The van der Waals surface area contributed by atoms with E-state index in [2.05, 4.69) is 30.8 Å². The van der Waals surface area contributed by atoms with E-state index in [1.165, 1.54) is 14.0 Å². The fraction of sp³-hybridized carbons (Fsp3) is 0.911. The highest BCUT2D eigenvalue weighted by atomic mass is 32.3. The van der Waals surface area contributed by atoms with Crippen LogP contribution in [-0.4, -0.2) is 327 Å². The summed E-state index contributed by atoms with van der Waals surface area (Å²) in [6.07, 6.45) is -45.5. The van der Waals surface area contributed by atoms with Crippen LogP contribution in [0.15, 0.2) is 0 Å². The Balaban J connectivity index is 1.29. The van der Waals surface area contributed by atoms with Crippen molar-refractivity contribution >= 4 is 34.0 Å². The van der Waals surface area contributed by atoms with Crippen LogP contribution in [0.25, 0.3) is 0 Å². The Morgan fingerprint density at radius 2 is 0.795 bits per heavy atom. The zero-order valence-corrected chi connectivity index (χ0v) is 46.2. The highest BCUT2D eigenvalue weighted by molar-refractivity contribution is 7.80. The zero-order valence-electron chi connectivity index (χ0n) is 45.3. The predicted molar refractivity (Wildman–Crippen MR) is 260 cm³/mol. The van der Waals surface area contributed by atoms with Gasteiger partial charge in [-0.15, -0.1) is 0 Å². The van der Waals surface area contributed by atoms with Crippen LogP contribution in [0.1, 0.15) is 34.6 Å². The van der Waals surface area contributed by atoms with Crippen LogP contribution in [0.3, 0.4) is 0 Å². The quantitative estimate of drug-likeness (QED) is 0.0353. The summed E-state index contributed by atoms with van der Waals surface area (Å²) in [5.41, 5.74) is 0. The first kappa shape index (κ1) is 68.9. The van der Waals surface area contributed by atoms with Gasteiger partial charge in [0.2, 0.25) is 34.0 Å². The van der Waals surface area contributed by atoms with Crippen molar-refractivity contribution in [3.63, 3.8) is 0 Å². The number of nitrogens with one attached hydrogen (secondary N) is 5. The third kappa shape index (κ3) is 16.5. The second kappa shape index (κ2) is 29.6. The molecular weight excluding hydrogens is 1150 g/mol. The molecule has 6 fully saturated rings. The summed E-state index contributed by atoms with van der Waals surface area (Å²) in [4.78, 5) is 50.6. The molecule has 30 unspecified atom stereocenters. The van der Waals surface area contributed by atoms with Crippen molar-refractivity contribution in [3.05, 3.63) is 0 Å². The van der Waals surface area contributed by atoms with Crippen LogP contribution >= 0.6 is 0 Å². The molecule has 0 aliphatic carbocycles. The standard InChI is InChI=1S/C45H77N5O32S/c1-12-27(58)34(65)35(66)45(73-12)71-10-20-38(30(61)22(40(67)74-20)47-13(2)54)81-44-26(50-16(5)57)33(64)39(21(78-44)11-72-83(68,69)70)82-43-25(49-15(4)56)32(63)37(19(9-53)77-43)80-42-24(48-14(3)55)31(62)36(18(8-52)76-42)79-41-23(46-6)29(60)28(59)17(7-51)75-41/h12,17-46,51-53,58-67H,7-11H2,1-6H3,(H,47,54)(H,48,55)(H,49,56)(H,50,57)(H,68,69,70)/p-1. The first-order chi connectivity index (χ1) is 38.9. The Kier molecular flexibility index (Phi) is 24.6. The SMILES string of the molecule is CNC1C(OC2C(CO)OC(OC3C(CO)OC(OC4C(COS(=O)(=O)[O-])OC(OC5C(COC6OC(C)C(O)C(O)C6O)OC(O)C(NC(C)=O)C5O)C(NC(C)=O)C4O)C(NC(C)=O)C3O)C(NC(C)=O)C2O)OC(CO)C(O)C1O. The van der Waals surface area contributed by atoms with Gasteiger partial charge in [-0.25, -0.2) is 8.42 Å². The van der Waals surface area contributed by atoms with Gasteiger partial charge in [-0.05, 0) is 14.0 Å². The van der Waals surface area contributed by atoms with Gasteiger partial charge in [0.1, 0.15) is 134 Å². The van der Waals surface area contributed by atoms with Crippen LogP contribution in [-0.2, 0) is 85.9 Å². The monoisotopic (exact) mass is 1230 g/mol. The molecule has 0 radical (unpaired) electrons. The number of likely N-dealkylation sites (N-methyl/N-ethyl adjacent to an activating group) is 1. The van der Waals surface area contributed by atoms with E-state index in [0.717, 1.165) is 27.7 Å². The minimum absolute atomic E-state index is 0.790. The third-order valence-electron chi connectivity index (χ3n) is 14.5. The van der Waals surface area contributed by atoms with Gasteiger partial charge in [0, 0.05) is 27.7 Å². The predicted octanol–water partition coefficient (Wildman–Crippen LogP) is -12.8. The van der Waals surface area contributed by atoms with Gasteiger partial charge in [-0.2, -0.15) is 0 Å². The number of hydrogen-bond donors (Lipinski definition) is 18. The van der Waals surface area contributed by atoms with Crippen LogP contribution in [0.2, 0.25) is 0 Å². The van der Waals surface area contributed by atoms with Gasteiger partial charge in [-0.3, -0.25) is 23.4 Å². The lowest BCUT2D eigenvalue weighted by atomic mass is 9.93. The Morgan fingerprint density at radius 3 is 1.19 bits per heavy atom. The van der Waals surface area contributed by atoms with Crippen molar-refractivity contribution in [2.45, 2.75) is 219 Å². The van der Waals surface area contributed by atoms with E-state index in [1.54, 1.807) is 0 Å². The fourth-order valence-corrected chi connectivity index (χ4v) is 10.8. The first-order valence-electron chi connectivity index (χ1n) is 26.1. The maximum atomic E-state index is 12.9. The maximum Gasteiger partial charge on any atom is 0.217 e. The van der Waals surface area contributed by atoms with Gasteiger partial charge in [-0.1, -0.05) is 0 Å². The number of amides is 4. The van der Waals surface area contributed by atoms with Crippen LogP contribution in [0.4, 0.5) is 0 Å². The number of aliphatic hydroxyl groups is 13. The van der Waals surface area contributed by atoms with Crippen molar-refractivity contribution < 1.29 is 155 Å². The molecule has 0 aromatic rings. The maximum absolute atomic E-state index is 12.9. The molecule has 0 aromatic heterocycles. The van der Waals surface area contributed by atoms with Gasteiger partial charge in [0.05, 0.1) is 45.2 Å². The van der Waals surface area contributed by atoms with Crippen molar-refractivity contribution in [1.82, 2.24) is 26.6 Å². The average molecular weight is 1230 g/mol. The average Bonchev–Trinajstić information content (AvgIpc) is 2.67. The molecule has 4 amide bonds. The van der Waals surface area contributed by atoms with Crippen molar-refractivity contribution in [1.29, 1.82) is 0 Å². The van der Waals surface area contributed by atoms with E-state index in [-0.39, 0.29) is 0 Å². The second-order valence-corrected chi connectivity index (χ2v) is 21.6. The smallest absolute Gasteiger partial charge is 0.217 e. The molecule has 480 valence electrons. The van der Waals surface area contributed by atoms with Gasteiger partial charge < -0.3 is 150 Å². The van der Waals surface area contributed by atoms with Gasteiger partial charge >= 0.3 is 0 Å². The minimum atomic E-state index is -5.65. The van der Waals surface area contributed by atoms with E-state index < -0.39 is 251 Å². The molecule has 0 saturated carbocycles.